The van der Waals surface area contributed by atoms with Gasteiger partial charge in [0.1, 0.15) is 0 Å². The molecule has 134 heavy (non-hydrogen) atoms. The predicted molar refractivity (Wildman–Crippen MR) is 571 cm³/mol. The summed E-state index contributed by atoms with van der Waals surface area (Å²) in [5, 5.41) is 22.2. The van der Waals surface area contributed by atoms with E-state index in [4.69, 9.17) is 0 Å². The zero-order valence-corrected chi connectivity index (χ0v) is 73.3. The highest BCUT2D eigenvalue weighted by molar-refractivity contribution is 6.26. The fraction of sp³-hybridized carbons (Fsp3) is 0. The van der Waals surface area contributed by atoms with Crippen LogP contribution in [0.2, 0.25) is 0 Å². The summed E-state index contributed by atoms with van der Waals surface area (Å²) < 4.78 is 4.98. The van der Waals surface area contributed by atoms with Crippen LogP contribution in [-0.2, 0) is 0 Å². The Kier molecular flexibility index (Phi) is 18.6. The van der Waals surface area contributed by atoms with E-state index in [9.17, 15) is 0 Å². The van der Waals surface area contributed by atoms with Gasteiger partial charge in [-0.1, -0.05) is 394 Å². The normalized spacial score (nSPS) is 11.7. The molecule has 26 rings (SSSR count). The number of anilines is 6. The molecular weight excluding hydrogens is 1620 g/mol. The monoisotopic (exact) mass is 1700 g/mol. The van der Waals surface area contributed by atoms with Crippen LogP contribution in [0.1, 0.15) is 0 Å². The first-order valence-electron chi connectivity index (χ1n) is 46.2. The van der Waals surface area contributed by atoms with E-state index in [-0.39, 0.29) is 0 Å². The molecule has 4 heteroatoms. The first kappa shape index (κ1) is 77.4. The van der Waals surface area contributed by atoms with E-state index in [1.807, 2.05) is 0 Å². The van der Waals surface area contributed by atoms with Crippen molar-refractivity contribution in [3.8, 4) is 100 Å². The Morgan fingerprint density at radius 3 is 1.18 bits per heavy atom. The molecule has 0 radical (unpaired) electrons. The van der Waals surface area contributed by atoms with Gasteiger partial charge in [0.15, 0.2) is 0 Å². The Balaban J connectivity index is 0.584. The van der Waals surface area contributed by atoms with Crippen LogP contribution in [-0.4, -0.2) is 9.13 Å². The minimum absolute atomic E-state index is 1.04. The molecule has 0 aliphatic carbocycles. The number of hydrogen-bond donors (Lipinski definition) is 0. The lowest BCUT2D eigenvalue weighted by molar-refractivity contribution is 1.18. The van der Waals surface area contributed by atoms with Crippen LogP contribution in [0.3, 0.4) is 0 Å². The van der Waals surface area contributed by atoms with E-state index in [1.54, 1.807) is 0 Å². The second-order valence-corrected chi connectivity index (χ2v) is 35.3. The van der Waals surface area contributed by atoms with E-state index in [0.717, 1.165) is 118 Å². The SMILES string of the molecule is c1ccc(-c2ccc(N(c3ccc(-c4cc5ccc6ccccc6c5c5ccccc45)cc3)c3ccccc3-c3cccc(-n4c5cccc(-c6ccc(-c7ccc(N(c8ccc(-c9cc%10ccccc%10c%10ccccc9%10)cc8)c8ccccc8-c8cccc(-n9c%10ccccc%10c%10c%11ccccc%11ccc%109)c8)c(-c8ccccc8)c7)cc6)c5c5ccc6ccccc6c54)c3)cc2)cc1. The molecule has 0 saturated carbocycles. The molecular formula is C130H84N4. The standard InChI is InChI=1S/C130H84N4/c1-3-28-85(29-4-1)86-62-71-100(72-63-86)131(101-73-64-94(65-74-101)119-84-99-61-60-89-32-7-12-43-108(89)127(99)115-49-18-17-48-114(115)119)121-52-22-19-41-106(121)97-37-26-39-104(81-97)134-125-55-27-51-110(129(125)117-77-68-91-34-9-14-45-111(91)130(117)134)92-58-56-87(57-59-92)95-70-78-124(120(82-95)88-30-5-2-6-31-88)132(102-75-66-93(67-76-102)118-83-98-35-10-11-40-105(98)112-46-15-16-47-113(112)118)122-53-23-20-42-107(122)96-36-25-38-103(80-96)133-123-54-24-21-50-116(123)128-109-44-13-8-33-90(109)69-79-126(128)133/h1-84H. The minimum Gasteiger partial charge on any atom is -0.310 e. The molecule has 624 valence electrons. The Labute approximate surface area is 776 Å². The van der Waals surface area contributed by atoms with Crippen LogP contribution in [0, 0.1) is 0 Å². The molecule has 2 aromatic heterocycles. The number of hydrogen-bond acceptors (Lipinski definition) is 2. The zero-order valence-electron chi connectivity index (χ0n) is 73.3. The van der Waals surface area contributed by atoms with Crippen molar-refractivity contribution in [3.63, 3.8) is 0 Å². The fourth-order valence-electron chi connectivity index (χ4n) is 21.7. The topological polar surface area (TPSA) is 16.3 Å². The first-order chi connectivity index (χ1) is 66.5. The summed E-state index contributed by atoms with van der Waals surface area (Å²) in [5.74, 6) is 0. The summed E-state index contributed by atoms with van der Waals surface area (Å²) in [7, 11) is 0. The summed E-state index contributed by atoms with van der Waals surface area (Å²) in [6, 6.07) is 189. The third-order valence-electron chi connectivity index (χ3n) is 27.8. The molecule has 26 aromatic rings. The van der Waals surface area contributed by atoms with E-state index < -0.39 is 0 Å². The number of aromatic nitrogens is 2. The van der Waals surface area contributed by atoms with Gasteiger partial charge in [-0.05, 0) is 258 Å². The molecule has 0 amide bonds. The van der Waals surface area contributed by atoms with Gasteiger partial charge in [0.05, 0.1) is 39.1 Å². The molecule has 0 aliphatic rings. The van der Waals surface area contributed by atoms with Crippen molar-refractivity contribution in [2.24, 2.45) is 0 Å². The maximum atomic E-state index is 2.52. The van der Waals surface area contributed by atoms with E-state index in [0.29, 0.717) is 0 Å². The zero-order chi connectivity index (χ0) is 88.3. The van der Waals surface area contributed by atoms with Crippen LogP contribution >= 0.6 is 0 Å². The van der Waals surface area contributed by atoms with Crippen molar-refractivity contribution in [1.29, 1.82) is 0 Å². The van der Waals surface area contributed by atoms with Crippen molar-refractivity contribution < 1.29 is 0 Å². The molecule has 0 fully saturated rings. The van der Waals surface area contributed by atoms with Gasteiger partial charge >= 0.3 is 0 Å². The van der Waals surface area contributed by atoms with E-state index in [2.05, 4.69) is 529 Å². The molecule has 24 aromatic carbocycles. The number of para-hydroxylation sites is 3. The Hall–Kier alpha value is -17.7. The molecule has 0 atom stereocenters. The van der Waals surface area contributed by atoms with Gasteiger partial charge < -0.3 is 18.9 Å². The van der Waals surface area contributed by atoms with Crippen molar-refractivity contribution in [3.05, 3.63) is 510 Å². The van der Waals surface area contributed by atoms with Gasteiger partial charge in [-0.2, -0.15) is 0 Å². The second kappa shape index (κ2) is 32.2. The van der Waals surface area contributed by atoms with Gasteiger partial charge in [0.2, 0.25) is 0 Å². The number of nitrogens with zero attached hydrogens (tertiary/aromatic N) is 4. The third kappa shape index (κ3) is 13.1. The second-order valence-electron chi connectivity index (χ2n) is 35.3. The molecule has 0 bridgehead atoms. The molecule has 4 nitrogen and oxygen atoms in total. The summed E-state index contributed by atoms with van der Waals surface area (Å²) in [6.07, 6.45) is 0. The highest BCUT2D eigenvalue weighted by Crippen LogP contribution is 2.52. The van der Waals surface area contributed by atoms with E-state index >= 15 is 0 Å². The smallest absolute Gasteiger partial charge is 0.0619 e. The van der Waals surface area contributed by atoms with Crippen molar-refractivity contribution in [1.82, 2.24) is 9.13 Å². The summed E-state index contributed by atoms with van der Waals surface area (Å²) in [5.41, 5.74) is 31.4. The Bertz CT molecular complexity index is 9160. The fourth-order valence-corrected chi connectivity index (χ4v) is 21.7. The number of fused-ring (bicyclic) bond motifs is 18. The van der Waals surface area contributed by atoms with Gasteiger partial charge in [-0.15, -0.1) is 0 Å². The van der Waals surface area contributed by atoms with Crippen LogP contribution in [0.15, 0.2) is 510 Å². The highest BCUT2D eigenvalue weighted by atomic mass is 15.2. The lowest BCUT2D eigenvalue weighted by Crippen LogP contribution is -2.12. The lowest BCUT2D eigenvalue weighted by atomic mass is 9.90. The summed E-state index contributed by atoms with van der Waals surface area (Å²) in [6.45, 7) is 0. The number of rotatable bonds is 16. The molecule has 0 spiro atoms. The predicted octanol–water partition coefficient (Wildman–Crippen LogP) is 36.2. The van der Waals surface area contributed by atoms with Crippen LogP contribution in [0.5, 0.6) is 0 Å². The molecule has 0 N–H and O–H groups in total. The Morgan fingerprint density at radius 1 is 0.142 bits per heavy atom. The van der Waals surface area contributed by atoms with Gasteiger partial charge in [0, 0.05) is 72.1 Å². The Morgan fingerprint density at radius 2 is 0.522 bits per heavy atom. The van der Waals surface area contributed by atoms with Gasteiger partial charge in [-0.25, -0.2) is 0 Å². The van der Waals surface area contributed by atoms with Crippen LogP contribution < -0.4 is 9.80 Å². The summed E-state index contributed by atoms with van der Waals surface area (Å²) >= 11 is 0. The minimum atomic E-state index is 1.04. The van der Waals surface area contributed by atoms with Gasteiger partial charge in [0.25, 0.3) is 0 Å². The third-order valence-corrected chi connectivity index (χ3v) is 27.8. The number of benzene rings is 24. The highest BCUT2D eigenvalue weighted by Gasteiger charge is 2.27. The average molecular weight is 1700 g/mol. The lowest BCUT2D eigenvalue weighted by Gasteiger charge is -2.30. The van der Waals surface area contributed by atoms with Crippen LogP contribution in [0.25, 0.3) is 219 Å². The van der Waals surface area contributed by atoms with Crippen LogP contribution in [0.4, 0.5) is 34.1 Å². The maximum Gasteiger partial charge on any atom is 0.0619 e. The molecule has 2 heterocycles. The molecule has 0 saturated heterocycles. The van der Waals surface area contributed by atoms with Crippen molar-refractivity contribution in [2.45, 2.75) is 0 Å². The van der Waals surface area contributed by atoms with Crippen molar-refractivity contribution >= 4 is 153 Å². The molecule has 0 unspecified atom stereocenters. The largest absolute Gasteiger partial charge is 0.310 e. The van der Waals surface area contributed by atoms with Gasteiger partial charge in [-0.3, -0.25) is 0 Å². The quantitative estimate of drug-likeness (QED) is 0.0897. The average Bonchev–Trinajstić information content (AvgIpc) is 1.56. The first-order valence-corrected chi connectivity index (χ1v) is 46.2. The molecule has 0 aliphatic heterocycles. The van der Waals surface area contributed by atoms with E-state index in [1.165, 1.54) is 136 Å². The van der Waals surface area contributed by atoms with Crippen molar-refractivity contribution in [2.75, 3.05) is 9.80 Å². The maximum absolute atomic E-state index is 2.52. The summed E-state index contributed by atoms with van der Waals surface area (Å²) in [4.78, 5) is 4.94.